The molecule has 0 fully saturated rings. The Morgan fingerprint density at radius 3 is 2.77 bits per heavy atom. The molecule has 1 aromatic rings. The first-order chi connectivity index (χ1) is 6.15. The van der Waals surface area contributed by atoms with Crippen LogP contribution in [0.5, 0.6) is 0 Å². The van der Waals surface area contributed by atoms with Gasteiger partial charge in [-0.3, -0.25) is 4.79 Å². The molecular weight excluding hydrogens is 229 g/mol. The first-order valence-corrected chi connectivity index (χ1v) is 5.45. The van der Waals surface area contributed by atoms with E-state index in [4.69, 9.17) is 23.2 Å². The summed E-state index contributed by atoms with van der Waals surface area (Å²) in [6.45, 7) is 2.64. The molecule has 72 valence electrons. The van der Waals surface area contributed by atoms with Gasteiger partial charge in [-0.15, -0.1) is 11.3 Å². The summed E-state index contributed by atoms with van der Waals surface area (Å²) in [5.41, 5.74) is 0.463. The van der Waals surface area contributed by atoms with E-state index in [2.05, 4.69) is 5.32 Å². The van der Waals surface area contributed by atoms with Gasteiger partial charge in [0.25, 0.3) is 5.91 Å². The number of nitrogens with one attached hydrogen (secondary N) is 1. The molecule has 0 radical (unpaired) electrons. The highest BCUT2D eigenvalue weighted by Crippen LogP contribution is 2.30. The maximum absolute atomic E-state index is 11.4. The van der Waals surface area contributed by atoms with E-state index in [-0.39, 0.29) is 5.91 Å². The molecule has 0 aliphatic heterocycles. The third-order valence-corrected chi connectivity index (χ3v) is 2.92. The Labute approximate surface area is 90.8 Å². The molecule has 0 saturated heterocycles. The zero-order valence-corrected chi connectivity index (χ0v) is 9.39. The smallest absolute Gasteiger partial charge is 0.253 e. The zero-order chi connectivity index (χ0) is 9.84. The van der Waals surface area contributed by atoms with Crippen molar-refractivity contribution in [2.24, 2.45) is 0 Å². The topological polar surface area (TPSA) is 29.1 Å². The van der Waals surface area contributed by atoms with Crippen LogP contribution in [0.4, 0.5) is 0 Å². The van der Waals surface area contributed by atoms with Crippen LogP contribution in [0.25, 0.3) is 0 Å². The molecule has 0 unspecified atom stereocenters. The van der Waals surface area contributed by atoms with Crippen LogP contribution in [0.3, 0.4) is 0 Å². The van der Waals surface area contributed by atoms with Crippen molar-refractivity contribution < 1.29 is 4.79 Å². The number of hydrogen-bond donors (Lipinski definition) is 1. The fourth-order valence-corrected chi connectivity index (χ4v) is 2.29. The molecule has 0 bridgehead atoms. The lowest BCUT2D eigenvalue weighted by molar-refractivity contribution is 0.0954. The third kappa shape index (κ3) is 2.86. The standard InChI is InChI=1S/C8H9Cl2NOS/c1-2-3-11-8(12)5-4-6(9)13-7(5)10/h4H,2-3H2,1H3,(H,11,12). The van der Waals surface area contributed by atoms with Crippen LogP contribution < -0.4 is 5.32 Å². The maximum Gasteiger partial charge on any atom is 0.253 e. The summed E-state index contributed by atoms with van der Waals surface area (Å²) in [6, 6.07) is 1.58. The van der Waals surface area contributed by atoms with Crippen molar-refractivity contribution in [2.75, 3.05) is 6.54 Å². The minimum Gasteiger partial charge on any atom is -0.352 e. The highest BCUT2D eigenvalue weighted by Gasteiger charge is 2.12. The average Bonchev–Trinajstić information content (AvgIpc) is 2.41. The Kier molecular flexibility index (Phi) is 4.03. The van der Waals surface area contributed by atoms with Gasteiger partial charge in [-0.05, 0) is 12.5 Å². The second-order valence-electron chi connectivity index (χ2n) is 2.49. The van der Waals surface area contributed by atoms with Gasteiger partial charge in [-0.25, -0.2) is 0 Å². The van der Waals surface area contributed by atoms with Crippen molar-refractivity contribution in [3.05, 3.63) is 20.3 Å². The molecule has 0 atom stereocenters. The molecule has 1 rings (SSSR count). The summed E-state index contributed by atoms with van der Waals surface area (Å²) in [4.78, 5) is 11.4. The lowest BCUT2D eigenvalue weighted by Gasteiger charge is -2.00. The highest BCUT2D eigenvalue weighted by molar-refractivity contribution is 7.20. The number of rotatable bonds is 3. The van der Waals surface area contributed by atoms with E-state index in [1.807, 2.05) is 6.92 Å². The Balaban J connectivity index is 2.70. The Bertz CT molecular complexity index is 311. The predicted octanol–water partition coefficient (Wildman–Crippen LogP) is 3.19. The van der Waals surface area contributed by atoms with Crippen LogP contribution in [0.2, 0.25) is 8.67 Å². The van der Waals surface area contributed by atoms with Gasteiger partial charge in [0.2, 0.25) is 0 Å². The SMILES string of the molecule is CCCNC(=O)c1cc(Cl)sc1Cl. The van der Waals surface area contributed by atoms with Crippen molar-refractivity contribution in [3.8, 4) is 0 Å². The van der Waals surface area contributed by atoms with Crippen LogP contribution in [0.1, 0.15) is 23.7 Å². The molecule has 0 spiro atoms. The summed E-state index contributed by atoms with van der Waals surface area (Å²) in [7, 11) is 0. The maximum atomic E-state index is 11.4. The van der Waals surface area contributed by atoms with Crippen molar-refractivity contribution in [3.63, 3.8) is 0 Å². The van der Waals surface area contributed by atoms with Crippen LogP contribution in [-0.2, 0) is 0 Å². The van der Waals surface area contributed by atoms with Crippen molar-refractivity contribution >= 4 is 40.4 Å². The second-order valence-corrected chi connectivity index (χ2v) is 4.78. The van der Waals surface area contributed by atoms with Gasteiger partial charge < -0.3 is 5.32 Å². The molecule has 1 aromatic heterocycles. The highest BCUT2D eigenvalue weighted by atomic mass is 35.5. The van der Waals surface area contributed by atoms with Crippen LogP contribution in [0.15, 0.2) is 6.07 Å². The Morgan fingerprint density at radius 1 is 1.62 bits per heavy atom. The molecule has 1 heterocycles. The number of thiophene rings is 1. The lowest BCUT2D eigenvalue weighted by atomic mass is 10.3. The van der Waals surface area contributed by atoms with E-state index in [0.29, 0.717) is 20.8 Å². The first-order valence-electron chi connectivity index (χ1n) is 3.88. The van der Waals surface area contributed by atoms with Gasteiger partial charge in [0.1, 0.15) is 4.34 Å². The number of halogens is 2. The molecular formula is C8H9Cl2NOS. The molecule has 0 saturated carbocycles. The first kappa shape index (κ1) is 10.8. The monoisotopic (exact) mass is 237 g/mol. The van der Waals surface area contributed by atoms with E-state index in [0.717, 1.165) is 6.42 Å². The molecule has 0 aliphatic carbocycles. The number of amides is 1. The van der Waals surface area contributed by atoms with Crippen LogP contribution in [-0.4, -0.2) is 12.5 Å². The summed E-state index contributed by atoms with van der Waals surface area (Å²) in [5.74, 6) is -0.157. The fourth-order valence-electron chi connectivity index (χ4n) is 0.829. The third-order valence-electron chi connectivity index (χ3n) is 1.44. The van der Waals surface area contributed by atoms with Crippen molar-refractivity contribution in [1.82, 2.24) is 5.32 Å². The van der Waals surface area contributed by atoms with Gasteiger partial charge in [0.15, 0.2) is 0 Å². The summed E-state index contributed by atoms with van der Waals surface area (Å²) >= 11 is 12.7. The van der Waals surface area contributed by atoms with Crippen LogP contribution >= 0.6 is 34.5 Å². The number of carbonyl (C=O) groups excluding carboxylic acids is 1. The molecule has 5 heteroatoms. The molecule has 1 N–H and O–H groups in total. The van der Waals surface area contributed by atoms with Gasteiger partial charge in [-0.2, -0.15) is 0 Å². The number of hydrogen-bond acceptors (Lipinski definition) is 2. The Hall–Kier alpha value is -0.250. The van der Waals surface area contributed by atoms with E-state index >= 15 is 0 Å². The second kappa shape index (κ2) is 4.84. The van der Waals surface area contributed by atoms with Gasteiger partial charge in [0.05, 0.1) is 9.90 Å². The normalized spacial score (nSPS) is 10.1. The quantitative estimate of drug-likeness (QED) is 0.860. The average molecular weight is 238 g/mol. The largest absolute Gasteiger partial charge is 0.352 e. The minimum atomic E-state index is -0.157. The van der Waals surface area contributed by atoms with E-state index in [9.17, 15) is 4.79 Å². The van der Waals surface area contributed by atoms with E-state index < -0.39 is 0 Å². The molecule has 2 nitrogen and oxygen atoms in total. The molecule has 13 heavy (non-hydrogen) atoms. The lowest BCUT2D eigenvalue weighted by Crippen LogP contribution is -2.23. The molecule has 0 aromatic carbocycles. The fraction of sp³-hybridized carbons (Fsp3) is 0.375. The van der Waals surface area contributed by atoms with Gasteiger partial charge >= 0.3 is 0 Å². The molecule has 0 aliphatic rings. The summed E-state index contributed by atoms with van der Waals surface area (Å²) in [5, 5.41) is 2.73. The predicted molar refractivity (Wildman–Crippen MR) is 57.0 cm³/mol. The Morgan fingerprint density at radius 2 is 2.31 bits per heavy atom. The van der Waals surface area contributed by atoms with Gasteiger partial charge in [0, 0.05) is 6.54 Å². The summed E-state index contributed by atoms with van der Waals surface area (Å²) < 4.78 is 0.977. The van der Waals surface area contributed by atoms with Crippen LogP contribution in [0, 0.1) is 0 Å². The minimum absolute atomic E-state index is 0.157. The van der Waals surface area contributed by atoms with E-state index in [1.54, 1.807) is 6.07 Å². The number of carbonyl (C=O) groups is 1. The zero-order valence-electron chi connectivity index (χ0n) is 7.06. The van der Waals surface area contributed by atoms with Crippen molar-refractivity contribution in [2.45, 2.75) is 13.3 Å². The summed E-state index contributed by atoms with van der Waals surface area (Å²) in [6.07, 6.45) is 0.904. The van der Waals surface area contributed by atoms with E-state index in [1.165, 1.54) is 11.3 Å². The van der Waals surface area contributed by atoms with Gasteiger partial charge in [-0.1, -0.05) is 30.1 Å². The van der Waals surface area contributed by atoms with Crippen molar-refractivity contribution in [1.29, 1.82) is 0 Å². The molecule has 1 amide bonds.